The van der Waals surface area contributed by atoms with Crippen LogP contribution < -0.4 is 9.80 Å². The molecule has 1 saturated heterocycles. The second kappa shape index (κ2) is 6.40. The van der Waals surface area contributed by atoms with Gasteiger partial charge in [-0.25, -0.2) is 4.98 Å². The van der Waals surface area contributed by atoms with E-state index in [-0.39, 0.29) is 0 Å². The Bertz CT molecular complexity index is 867. The van der Waals surface area contributed by atoms with E-state index in [1.165, 1.54) is 22.0 Å². The Labute approximate surface area is 150 Å². The lowest BCUT2D eigenvalue weighted by molar-refractivity contribution is 0.648. The average molecular weight is 383 g/mol. The minimum atomic E-state index is 0.970. The Morgan fingerprint density at radius 1 is 0.958 bits per heavy atom. The van der Waals surface area contributed by atoms with Gasteiger partial charge < -0.3 is 9.80 Å². The maximum Gasteiger partial charge on any atom is 0.128 e. The zero-order valence-corrected chi connectivity index (χ0v) is 15.2. The molecule has 4 nitrogen and oxygen atoms in total. The number of rotatable bonds is 2. The summed E-state index contributed by atoms with van der Waals surface area (Å²) >= 11 is 3.52. The zero-order chi connectivity index (χ0) is 16.5. The lowest BCUT2D eigenvalue weighted by atomic mass is 10.1. The minimum Gasteiger partial charge on any atom is -0.366 e. The van der Waals surface area contributed by atoms with Crippen LogP contribution in [-0.2, 0) is 0 Å². The molecule has 0 spiro atoms. The topological polar surface area (TPSA) is 32.3 Å². The van der Waals surface area contributed by atoms with Crippen molar-refractivity contribution in [3.8, 4) is 0 Å². The first-order valence-corrected chi connectivity index (χ1v) is 8.96. The molecule has 5 heteroatoms. The van der Waals surface area contributed by atoms with Gasteiger partial charge in [0.05, 0.1) is 11.9 Å². The number of anilines is 2. The van der Waals surface area contributed by atoms with Crippen LogP contribution in [0.4, 0.5) is 11.5 Å². The number of hydrogen-bond donors (Lipinski definition) is 0. The van der Waals surface area contributed by atoms with Gasteiger partial charge in [0.2, 0.25) is 0 Å². The van der Waals surface area contributed by atoms with E-state index in [0.717, 1.165) is 36.5 Å². The number of nitrogens with zero attached hydrogens (tertiary/aromatic N) is 4. The fourth-order valence-corrected chi connectivity index (χ4v) is 3.44. The largest absolute Gasteiger partial charge is 0.366 e. The molecule has 0 aliphatic carbocycles. The van der Waals surface area contributed by atoms with Crippen molar-refractivity contribution in [2.75, 3.05) is 36.0 Å². The molecule has 2 aromatic heterocycles. The molecule has 4 rings (SSSR count). The van der Waals surface area contributed by atoms with Gasteiger partial charge in [-0.2, -0.15) is 0 Å². The fourth-order valence-electron chi connectivity index (χ4n) is 3.23. The van der Waals surface area contributed by atoms with Gasteiger partial charge in [-0.15, -0.1) is 0 Å². The molecule has 0 amide bonds. The summed E-state index contributed by atoms with van der Waals surface area (Å²) in [4.78, 5) is 13.8. The maximum atomic E-state index is 4.56. The van der Waals surface area contributed by atoms with Crippen LogP contribution >= 0.6 is 15.9 Å². The minimum absolute atomic E-state index is 0.970. The van der Waals surface area contributed by atoms with E-state index in [9.17, 15) is 0 Å². The van der Waals surface area contributed by atoms with Crippen molar-refractivity contribution in [2.24, 2.45) is 0 Å². The third-order valence-corrected chi connectivity index (χ3v) is 5.45. The van der Waals surface area contributed by atoms with E-state index in [4.69, 9.17) is 0 Å². The van der Waals surface area contributed by atoms with Gasteiger partial charge in [0.25, 0.3) is 0 Å². The molecule has 0 bridgehead atoms. The van der Waals surface area contributed by atoms with Crippen LogP contribution in [0.5, 0.6) is 0 Å². The Morgan fingerprint density at radius 3 is 2.50 bits per heavy atom. The number of pyridine rings is 2. The number of piperazine rings is 1. The highest BCUT2D eigenvalue weighted by molar-refractivity contribution is 9.10. The molecule has 122 valence electrons. The predicted octanol–water partition coefficient (Wildman–Crippen LogP) is 4.03. The first-order valence-electron chi connectivity index (χ1n) is 8.17. The summed E-state index contributed by atoms with van der Waals surface area (Å²) in [5.41, 5.74) is 2.45. The Balaban J connectivity index is 1.54. The van der Waals surface area contributed by atoms with Crippen molar-refractivity contribution in [3.05, 3.63) is 59.0 Å². The molecule has 0 saturated carbocycles. The number of aryl methyl sites for hydroxylation is 1. The van der Waals surface area contributed by atoms with E-state index in [1.807, 2.05) is 18.6 Å². The molecule has 1 aliphatic rings. The normalized spacial score (nSPS) is 15.1. The van der Waals surface area contributed by atoms with Crippen molar-refractivity contribution >= 4 is 38.2 Å². The van der Waals surface area contributed by atoms with Gasteiger partial charge in [0.15, 0.2) is 0 Å². The van der Waals surface area contributed by atoms with E-state index >= 15 is 0 Å². The van der Waals surface area contributed by atoms with Crippen molar-refractivity contribution < 1.29 is 0 Å². The molecule has 1 fully saturated rings. The van der Waals surface area contributed by atoms with Gasteiger partial charge in [0.1, 0.15) is 5.82 Å². The van der Waals surface area contributed by atoms with Crippen molar-refractivity contribution in [3.63, 3.8) is 0 Å². The smallest absolute Gasteiger partial charge is 0.128 e. The molecule has 0 unspecified atom stereocenters. The number of aromatic nitrogens is 2. The Kier molecular flexibility index (Phi) is 4.10. The Morgan fingerprint density at radius 2 is 1.71 bits per heavy atom. The summed E-state index contributed by atoms with van der Waals surface area (Å²) in [6.07, 6.45) is 5.81. The van der Waals surface area contributed by atoms with Crippen LogP contribution in [0.15, 0.2) is 53.4 Å². The highest BCUT2D eigenvalue weighted by Gasteiger charge is 2.20. The molecule has 3 aromatic rings. The highest BCUT2D eigenvalue weighted by atomic mass is 79.9. The molecule has 1 aromatic carbocycles. The van der Waals surface area contributed by atoms with E-state index < -0.39 is 0 Å². The monoisotopic (exact) mass is 382 g/mol. The van der Waals surface area contributed by atoms with Gasteiger partial charge in [-0.3, -0.25) is 4.98 Å². The van der Waals surface area contributed by atoms with Crippen LogP contribution in [0.2, 0.25) is 0 Å². The van der Waals surface area contributed by atoms with E-state index in [1.54, 1.807) is 0 Å². The van der Waals surface area contributed by atoms with Crippen LogP contribution in [0.3, 0.4) is 0 Å². The van der Waals surface area contributed by atoms with Gasteiger partial charge >= 0.3 is 0 Å². The molecule has 1 aliphatic heterocycles. The average Bonchev–Trinajstić information content (AvgIpc) is 2.64. The van der Waals surface area contributed by atoms with E-state index in [0.29, 0.717) is 0 Å². The molecule has 0 radical (unpaired) electrons. The number of benzene rings is 1. The zero-order valence-electron chi connectivity index (χ0n) is 13.6. The molecular weight excluding hydrogens is 364 g/mol. The van der Waals surface area contributed by atoms with Crippen LogP contribution in [-0.4, -0.2) is 36.1 Å². The summed E-state index contributed by atoms with van der Waals surface area (Å²) in [6.45, 7) is 6.00. The second-order valence-corrected chi connectivity index (χ2v) is 7.00. The molecule has 0 N–H and O–H groups in total. The standard InChI is InChI=1S/C19H19BrN4/c1-14-10-19(22-12-17(14)20)24-8-6-23(7-9-24)18-13-21-11-15-4-2-3-5-16(15)18/h2-5,10-13H,6-9H2,1H3. The van der Waals surface area contributed by atoms with Crippen LogP contribution in [0, 0.1) is 6.92 Å². The summed E-state index contributed by atoms with van der Waals surface area (Å²) in [7, 11) is 0. The first-order chi connectivity index (χ1) is 11.7. The summed E-state index contributed by atoms with van der Waals surface area (Å²) in [5, 5.41) is 2.47. The lowest BCUT2D eigenvalue weighted by Gasteiger charge is -2.37. The van der Waals surface area contributed by atoms with Crippen LogP contribution in [0.25, 0.3) is 10.8 Å². The second-order valence-electron chi connectivity index (χ2n) is 6.15. The van der Waals surface area contributed by atoms with Gasteiger partial charge in [-0.1, -0.05) is 24.3 Å². The quantitative estimate of drug-likeness (QED) is 0.669. The maximum absolute atomic E-state index is 4.56. The lowest BCUT2D eigenvalue weighted by Crippen LogP contribution is -2.47. The third kappa shape index (κ3) is 2.84. The fraction of sp³-hybridized carbons (Fsp3) is 0.263. The number of hydrogen-bond acceptors (Lipinski definition) is 4. The number of fused-ring (bicyclic) bond motifs is 1. The molecular formula is C19H19BrN4. The summed E-state index contributed by atoms with van der Waals surface area (Å²) in [5.74, 6) is 1.06. The molecule has 24 heavy (non-hydrogen) atoms. The SMILES string of the molecule is Cc1cc(N2CCN(c3cncc4ccccc34)CC2)ncc1Br. The number of halogens is 1. The molecule has 3 heterocycles. The summed E-state index contributed by atoms with van der Waals surface area (Å²) in [6, 6.07) is 10.6. The highest BCUT2D eigenvalue weighted by Crippen LogP contribution is 2.27. The van der Waals surface area contributed by atoms with E-state index in [2.05, 4.69) is 73.0 Å². The van der Waals surface area contributed by atoms with Gasteiger partial charge in [0, 0.05) is 53.8 Å². The van der Waals surface area contributed by atoms with Crippen molar-refractivity contribution in [1.29, 1.82) is 0 Å². The van der Waals surface area contributed by atoms with Crippen molar-refractivity contribution in [1.82, 2.24) is 9.97 Å². The van der Waals surface area contributed by atoms with Gasteiger partial charge in [-0.05, 0) is 34.5 Å². The predicted molar refractivity (Wildman–Crippen MR) is 103 cm³/mol. The molecule has 0 atom stereocenters. The first kappa shape index (κ1) is 15.4. The third-order valence-electron chi connectivity index (χ3n) is 4.62. The summed E-state index contributed by atoms with van der Waals surface area (Å²) < 4.78 is 1.06. The Hall–Kier alpha value is -2.14. The van der Waals surface area contributed by atoms with Crippen LogP contribution in [0.1, 0.15) is 5.56 Å². The van der Waals surface area contributed by atoms with Crippen molar-refractivity contribution in [2.45, 2.75) is 6.92 Å².